The summed E-state index contributed by atoms with van der Waals surface area (Å²) in [6.07, 6.45) is 0. The zero-order chi connectivity index (χ0) is 19.7. The fourth-order valence-electron chi connectivity index (χ4n) is 2.93. The Balaban J connectivity index is 1.62. The van der Waals surface area contributed by atoms with Crippen LogP contribution < -0.4 is 0 Å². The number of hydrogen-bond acceptors (Lipinski definition) is 4. The van der Waals surface area contributed by atoms with E-state index in [9.17, 15) is 9.90 Å². The minimum atomic E-state index is -0.530. The van der Waals surface area contributed by atoms with Crippen molar-refractivity contribution >= 4 is 34.1 Å². The van der Waals surface area contributed by atoms with Crippen molar-refractivity contribution in [2.75, 3.05) is 0 Å². The lowest BCUT2D eigenvalue weighted by Crippen LogP contribution is -2.00. The second-order valence-electron chi connectivity index (χ2n) is 6.21. The Morgan fingerprint density at radius 2 is 1.82 bits per heavy atom. The van der Waals surface area contributed by atoms with Crippen molar-refractivity contribution in [1.29, 1.82) is 0 Å². The fourth-order valence-corrected chi connectivity index (χ4v) is 3.06. The van der Waals surface area contributed by atoms with Crippen LogP contribution in [0.2, 0.25) is 5.02 Å². The minimum Gasteiger partial charge on any atom is -0.493 e. The minimum absolute atomic E-state index is 0.134. The van der Waals surface area contributed by atoms with Gasteiger partial charge in [0, 0.05) is 16.0 Å². The number of pyridine rings is 1. The highest BCUT2D eigenvalue weighted by Crippen LogP contribution is 2.35. The standard InChI is InChI=1S/C21H15ClN4O2/c1-12-15(10-11-17(23-12)13-6-8-14(22)9-7-13)20(27)26-25-19-16-4-2-3-5-18(16)24-21(19)28/h2-11,24,28H,1H3. The van der Waals surface area contributed by atoms with Crippen LogP contribution in [-0.2, 0) is 0 Å². The molecule has 2 N–H and O–H groups in total. The topological polar surface area (TPSA) is 90.7 Å². The number of rotatable bonds is 3. The van der Waals surface area contributed by atoms with E-state index in [1.807, 2.05) is 24.3 Å². The number of nitrogens with one attached hydrogen (secondary N) is 1. The van der Waals surface area contributed by atoms with Gasteiger partial charge in [0.25, 0.3) is 5.91 Å². The average molecular weight is 391 g/mol. The fraction of sp³-hybridized carbons (Fsp3) is 0.0476. The number of aromatic nitrogens is 2. The van der Waals surface area contributed by atoms with Crippen LogP contribution in [0.1, 0.15) is 16.1 Å². The molecule has 2 aromatic carbocycles. The molecule has 0 atom stereocenters. The van der Waals surface area contributed by atoms with Crippen molar-refractivity contribution in [2.24, 2.45) is 10.2 Å². The molecule has 2 aromatic heterocycles. The van der Waals surface area contributed by atoms with E-state index in [4.69, 9.17) is 11.6 Å². The molecule has 6 nitrogen and oxygen atoms in total. The van der Waals surface area contributed by atoms with Gasteiger partial charge in [0.2, 0.25) is 5.88 Å². The maximum Gasteiger partial charge on any atom is 0.297 e. The van der Waals surface area contributed by atoms with Crippen LogP contribution in [-0.4, -0.2) is 21.0 Å². The summed E-state index contributed by atoms with van der Waals surface area (Å²) in [5.41, 5.74) is 3.47. The molecular weight excluding hydrogens is 376 g/mol. The number of para-hydroxylation sites is 1. The molecule has 1 amide bonds. The van der Waals surface area contributed by atoms with Crippen LogP contribution in [0.3, 0.4) is 0 Å². The van der Waals surface area contributed by atoms with Gasteiger partial charge < -0.3 is 10.1 Å². The Morgan fingerprint density at radius 1 is 1.07 bits per heavy atom. The molecule has 2 heterocycles. The molecule has 0 spiro atoms. The van der Waals surface area contributed by atoms with Crippen molar-refractivity contribution in [1.82, 2.24) is 9.97 Å². The summed E-state index contributed by atoms with van der Waals surface area (Å²) in [5.74, 6) is -0.664. The number of aromatic hydroxyl groups is 1. The number of carbonyl (C=O) groups excluding carboxylic acids is 1. The second-order valence-corrected chi connectivity index (χ2v) is 6.65. The molecule has 0 fully saturated rings. The van der Waals surface area contributed by atoms with Gasteiger partial charge in [-0.1, -0.05) is 41.9 Å². The van der Waals surface area contributed by atoms with E-state index in [1.54, 1.807) is 43.3 Å². The van der Waals surface area contributed by atoms with Crippen molar-refractivity contribution in [2.45, 2.75) is 6.92 Å². The third-order valence-electron chi connectivity index (χ3n) is 4.36. The van der Waals surface area contributed by atoms with Gasteiger partial charge in [0.05, 0.1) is 22.5 Å². The molecule has 0 aliphatic rings. The van der Waals surface area contributed by atoms with Crippen LogP contribution in [0.25, 0.3) is 22.2 Å². The number of aryl methyl sites for hydroxylation is 1. The molecule has 0 radical (unpaired) electrons. The normalized spacial score (nSPS) is 11.4. The molecule has 0 unspecified atom stereocenters. The van der Waals surface area contributed by atoms with Gasteiger partial charge in [-0.15, -0.1) is 10.2 Å². The summed E-state index contributed by atoms with van der Waals surface area (Å²) in [5, 5.41) is 19.1. The Kier molecular flexibility index (Phi) is 4.63. The number of nitrogens with zero attached hydrogens (tertiary/aromatic N) is 3. The molecule has 138 valence electrons. The lowest BCUT2D eigenvalue weighted by Gasteiger charge is -2.05. The molecule has 4 rings (SSSR count). The number of azo groups is 1. The summed E-state index contributed by atoms with van der Waals surface area (Å²) >= 11 is 5.91. The number of carbonyl (C=O) groups is 1. The second kappa shape index (κ2) is 7.25. The Bertz CT molecular complexity index is 1210. The first kappa shape index (κ1) is 17.9. The molecule has 0 saturated carbocycles. The monoisotopic (exact) mass is 390 g/mol. The van der Waals surface area contributed by atoms with Crippen LogP contribution in [0.5, 0.6) is 5.88 Å². The zero-order valence-corrected chi connectivity index (χ0v) is 15.6. The first-order valence-electron chi connectivity index (χ1n) is 8.52. The molecule has 0 aliphatic carbocycles. The van der Waals surface area contributed by atoms with E-state index in [0.717, 1.165) is 11.3 Å². The van der Waals surface area contributed by atoms with Crippen LogP contribution in [0.4, 0.5) is 5.69 Å². The smallest absolute Gasteiger partial charge is 0.297 e. The maximum atomic E-state index is 12.5. The number of halogens is 1. The number of aromatic amines is 1. The largest absolute Gasteiger partial charge is 0.493 e. The summed E-state index contributed by atoms with van der Waals surface area (Å²) < 4.78 is 0. The van der Waals surface area contributed by atoms with Gasteiger partial charge in [-0.05, 0) is 37.3 Å². The highest BCUT2D eigenvalue weighted by Gasteiger charge is 2.13. The predicted molar refractivity (Wildman–Crippen MR) is 108 cm³/mol. The molecule has 0 bridgehead atoms. The number of benzene rings is 2. The van der Waals surface area contributed by atoms with Crippen LogP contribution >= 0.6 is 11.6 Å². The number of fused-ring (bicyclic) bond motifs is 1. The lowest BCUT2D eigenvalue weighted by molar-refractivity contribution is 0.0994. The predicted octanol–water partition coefficient (Wildman–Crippen LogP) is 5.82. The van der Waals surface area contributed by atoms with E-state index < -0.39 is 5.91 Å². The zero-order valence-electron chi connectivity index (χ0n) is 14.8. The van der Waals surface area contributed by atoms with Gasteiger partial charge in [-0.2, -0.15) is 0 Å². The molecule has 28 heavy (non-hydrogen) atoms. The van der Waals surface area contributed by atoms with Gasteiger partial charge >= 0.3 is 0 Å². The summed E-state index contributed by atoms with van der Waals surface area (Å²) in [4.78, 5) is 19.8. The Hall–Kier alpha value is -3.51. The lowest BCUT2D eigenvalue weighted by atomic mass is 10.1. The van der Waals surface area contributed by atoms with Crippen molar-refractivity contribution in [3.63, 3.8) is 0 Å². The molecule has 4 aromatic rings. The van der Waals surface area contributed by atoms with E-state index in [0.29, 0.717) is 27.2 Å². The molecule has 7 heteroatoms. The van der Waals surface area contributed by atoms with Crippen molar-refractivity contribution in [3.05, 3.63) is 76.9 Å². The number of hydrogen-bond donors (Lipinski definition) is 2. The average Bonchev–Trinajstić information content (AvgIpc) is 3.01. The van der Waals surface area contributed by atoms with E-state index >= 15 is 0 Å². The number of H-pyrrole nitrogens is 1. The van der Waals surface area contributed by atoms with Gasteiger partial charge in [0.15, 0.2) is 5.69 Å². The highest BCUT2D eigenvalue weighted by molar-refractivity contribution is 6.30. The number of amides is 1. The SMILES string of the molecule is Cc1nc(-c2ccc(Cl)cc2)ccc1C(=O)N=Nc1c(O)[nH]c2ccccc12. The van der Waals surface area contributed by atoms with E-state index in [-0.39, 0.29) is 11.6 Å². The highest BCUT2D eigenvalue weighted by atomic mass is 35.5. The molecule has 0 aliphatic heterocycles. The van der Waals surface area contributed by atoms with Crippen LogP contribution in [0.15, 0.2) is 70.9 Å². The molecule has 0 saturated heterocycles. The summed E-state index contributed by atoms with van der Waals surface area (Å²) in [6, 6.07) is 18.0. The van der Waals surface area contributed by atoms with Gasteiger partial charge in [-0.3, -0.25) is 9.78 Å². The third kappa shape index (κ3) is 3.37. The van der Waals surface area contributed by atoms with Crippen molar-refractivity contribution in [3.8, 4) is 17.1 Å². The Labute approximate surface area is 165 Å². The van der Waals surface area contributed by atoms with Crippen LogP contribution in [0, 0.1) is 6.92 Å². The summed E-state index contributed by atoms with van der Waals surface area (Å²) in [7, 11) is 0. The third-order valence-corrected chi connectivity index (χ3v) is 4.61. The molecular formula is C21H15ClN4O2. The van der Waals surface area contributed by atoms with Gasteiger partial charge in [0.1, 0.15) is 0 Å². The van der Waals surface area contributed by atoms with Gasteiger partial charge in [-0.25, -0.2) is 0 Å². The first-order valence-corrected chi connectivity index (χ1v) is 8.90. The summed E-state index contributed by atoms with van der Waals surface area (Å²) in [6.45, 7) is 1.74. The maximum absolute atomic E-state index is 12.5. The first-order chi connectivity index (χ1) is 13.5. The van der Waals surface area contributed by atoms with E-state index in [1.165, 1.54) is 0 Å². The quantitative estimate of drug-likeness (QED) is 0.431. The van der Waals surface area contributed by atoms with E-state index in [2.05, 4.69) is 20.2 Å². The van der Waals surface area contributed by atoms with Crippen molar-refractivity contribution < 1.29 is 9.90 Å². The Morgan fingerprint density at radius 3 is 2.57 bits per heavy atom.